The van der Waals surface area contributed by atoms with Crippen LogP contribution in [-0.4, -0.2) is 12.1 Å². The van der Waals surface area contributed by atoms with Crippen molar-refractivity contribution in [3.8, 4) is 0 Å². The van der Waals surface area contributed by atoms with Gasteiger partial charge >= 0.3 is 0 Å². The van der Waals surface area contributed by atoms with Crippen LogP contribution in [0.15, 0.2) is 18.2 Å². The summed E-state index contributed by atoms with van der Waals surface area (Å²) in [6.45, 7) is 6.71. The Hall–Kier alpha value is -0.820. The van der Waals surface area contributed by atoms with Gasteiger partial charge in [0.15, 0.2) is 0 Å². The molecule has 1 aliphatic rings. The van der Waals surface area contributed by atoms with E-state index in [4.69, 9.17) is 0 Å². The maximum Gasteiger partial charge on any atom is 0.00727 e. The van der Waals surface area contributed by atoms with E-state index >= 15 is 0 Å². The number of piperidine rings is 1. The number of rotatable bonds is 3. The van der Waals surface area contributed by atoms with E-state index in [2.05, 4.69) is 44.3 Å². The summed E-state index contributed by atoms with van der Waals surface area (Å²) >= 11 is 0. The zero-order valence-corrected chi connectivity index (χ0v) is 11.4. The fourth-order valence-corrected chi connectivity index (χ4v) is 2.92. The van der Waals surface area contributed by atoms with Crippen LogP contribution in [0.3, 0.4) is 0 Å². The zero-order valence-electron chi connectivity index (χ0n) is 11.4. The lowest BCUT2D eigenvalue weighted by molar-refractivity contribution is 0.322. The van der Waals surface area contributed by atoms with Gasteiger partial charge in [0.25, 0.3) is 0 Å². The first kappa shape index (κ1) is 12.6. The molecule has 2 atom stereocenters. The topological polar surface area (TPSA) is 12.0 Å². The fourth-order valence-electron chi connectivity index (χ4n) is 2.92. The molecule has 0 spiro atoms. The van der Waals surface area contributed by atoms with Crippen LogP contribution in [0.25, 0.3) is 0 Å². The molecule has 0 radical (unpaired) electrons. The molecule has 0 aromatic heterocycles. The molecular weight excluding hydrogens is 206 g/mol. The number of nitrogens with one attached hydrogen (secondary N) is 1. The normalized spacial score (nSPS) is 24.9. The molecule has 2 unspecified atom stereocenters. The van der Waals surface area contributed by atoms with Gasteiger partial charge in [0.2, 0.25) is 0 Å². The highest BCUT2D eigenvalue weighted by Gasteiger charge is 2.17. The number of aryl methyl sites for hydroxylation is 3. The summed E-state index contributed by atoms with van der Waals surface area (Å²) in [4.78, 5) is 0. The molecular formula is C16H25N. The Bertz CT molecular complexity index is 370. The van der Waals surface area contributed by atoms with Crippen molar-refractivity contribution in [1.82, 2.24) is 5.32 Å². The first-order valence-electron chi connectivity index (χ1n) is 6.97. The Morgan fingerprint density at radius 1 is 1.24 bits per heavy atom. The molecule has 1 heterocycles. The predicted molar refractivity (Wildman–Crippen MR) is 74.5 cm³/mol. The molecule has 2 rings (SSSR count). The highest BCUT2D eigenvalue weighted by Crippen LogP contribution is 2.18. The van der Waals surface area contributed by atoms with E-state index in [-0.39, 0.29) is 0 Å². The monoisotopic (exact) mass is 231 g/mol. The molecule has 17 heavy (non-hydrogen) atoms. The van der Waals surface area contributed by atoms with Gasteiger partial charge in [-0.15, -0.1) is 0 Å². The van der Waals surface area contributed by atoms with Crippen molar-refractivity contribution in [1.29, 1.82) is 0 Å². The highest BCUT2D eigenvalue weighted by atomic mass is 15.0. The van der Waals surface area contributed by atoms with Crippen molar-refractivity contribution in [2.45, 2.75) is 65.0 Å². The summed E-state index contributed by atoms with van der Waals surface area (Å²) in [6, 6.07) is 8.29. The van der Waals surface area contributed by atoms with Crippen molar-refractivity contribution >= 4 is 0 Å². The fraction of sp³-hybridized carbons (Fsp3) is 0.625. The lowest BCUT2D eigenvalue weighted by atomic mass is 9.93. The van der Waals surface area contributed by atoms with Crippen LogP contribution in [0.2, 0.25) is 0 Å². The molecule has 1 aliphatic heterocycles. The van der Waals surface area contributed by atoms with Gasteiger partial charge in [-0.25, -0.2) is 0 Å². The molecule has 1 fully saturated rings. The van der Waals surface area contributed by atoms with E-state index < -0.39 is 0 Å². The molecule has 1 nitrogen and oxygen atoms in total. The van der Waals surface area contributed by atoms with Crippen molar-refractivity contribution in [2.75, 3.05) is 0 Å². The summed E-state index contributed by atoms with van der Waals surface area (Å²) in [7, 11) is 0. The van der Waals surface area contributed by atoms with Crippen LogP contribution in [0.4, 0.5) is 0 Å². The highest BCUT2D eigenvalue weighted by molar-refractivity contribution is 5.30. The molecule has 0 amide bonds. The molecule has 1 saturated heterocycles. The minimum Gasteiger partial charge on any atom is -0.311 e. The van der Waals surface area contributed by atoms with Crippen LogP contribution < -0.4 is 5.32 Å². The maximum absolute atomic E-state index is 3.72. The first-order chi connectivity index (χ1) is 8.15. The van der Waals surface area contributed by atoms with Crippen LogP contribution in [0, 0.1) is 13.8 Å². The van der Waals surface area contributed by atoms with Crippen molar-refractivity contribution < 1.29 is 0 Å². The van der Waals surface area contributed by atoms with E-state index in [9.17, 15) is 0 Å². The van der Waals surface area contributed by atoms with E-state index in [1.165, 1.54) is 48.8 Å². The molecule has 1 N–H and O–H groups in total. The second-order valence-electron chi connectivity index (χ2n) is 5.66. The first-order valence-corrected chi connectivity index (χ1v) is 6.97. The minimum atomic E-state index is 0.716. The van der Waals surface area contributed by atoms with Crippen LogP contribution in [-0.2, 0) is 6.42 Å². The summed E-state index contributed by atoms with van der Waals surface area (Å²) in [5.74, 6) is 0. The molecule has 0 saturated carbocycles. The van der Waals surface area contributed by atoms with Crippen LogP contribution >= 0.6 is 0 Å². The van der Waals surface area contributed by atoms with Crippen molar-refractivity contribution in [3.05, 3.63) is 34.9 Å². The van der Waals surface area contributed by atoms with Gasteiger partial charge in [-0.3, -0.25) is 0 Å². The van der Waals surface area contributed by atoms with E-state index in [0.717, 1.165) is 6.04 Å². The third-order valence-corrected chi connectivity index (χ3v) is 3.97. The summed E-state index contributed by atoms with van der Waals surface area (Å²) in [5, 5.41) is 3.72. The third-order valence-electron chi connectivity index (χ3n) is 3.97. The Kier molecular flexibility index (Phi) is 4.22. The minimum absolute atomic E-state index is 0.716. The molecule has 1 aromatic carbocycles. The standard InChI is InChI=1S/C16H25N/c1-12-7-8-15(13(2)11-12)9-10-16-6-4-5-14(3)17-16/h7-8,11,14,16-17H,4-6,9-10H2,1-3H3. The Labute approximate surface area is 106 Å². The summed E-state index contributed by atoms with van der Waals surface area (Å²) in [5.41, 5.74) is 4.35. The Morgan fingerprint density at radius 3 is 2.76 bits per heavy atom. The van der Waals surface area contributed by atoms with Gasteiger partial charge in [0.1, 0.15) is 0 Å². The predicted octanol–water partition coefficient (Wildman–Crippen LogP) is 3.77. The van der Waals surface area contributed by atoms with Crippen LogP contribution in [0.5, 0.6) is 0 Å². The summed E-state index contributed by atoms with van der Waals surface area (Å²) < 4.78 is 0. The smallest absolute Gasteiger partial charge is 0.00727 e. The second kappa shape index (κ2) is 5.68. The van der Waals surface area contributed by atoms with Gasteiger partial charge in [-0.1, -0.05) is 30.2 Å². The van der Waals surface area contributed by atoms with E-state index in [1.807, 2.05) is 0 Å². The van der Waals surface area contributed by atoms with Crippen molar-refractivity contribution in [2.24, 2.45) is 0 Å². The average molecular weight is 231 g/mol. The lowest BCUT2D eigenvalue weighted by Crippen LogP contribution is -2.40. The lowest BCUT2D eigenvalue weighted by Gasteiger charge is -2.29. The van der Waals surface area contributed by atoms with E-state index in [0.29, 0.717) is 6.04 Å². The number of hydrogen-bond donors (Lipinski definition) is 1. The quantitative estimate of drug-likeness (QED) is 0.835. The number of hydrogen-bond acceptors (Lipinski definition) is 1. The Morgan fingerprint density at radius 2 is 2.06 bits per heavy atom. The zero-order chi connectivity index (χ0) is 12.3. The van der Waals surface area contributed by atoms with Gasteiger partial charge in [-0.2, -0.15) is 0 Å². The van der Waals surface area contributed by atoms with Gasteiger partial charge in [-0.05, 0) is 57.6 Å². The molecule has 1 heteroatoms. The van der Waals surface area contributed by atoms with Gasteiger partial charge in [0, 0.05) is 12.1 Å². The van der Waals surface area contributed by atoms with Gasteiger partial charge in [0.05, 0.1) is 0 Å². The van der Waals surface area contributed by atoms with Crippen molar-refractivity contribution in [3.63, 3.8) is 0 Å². The van der Waals surface area contributed by atoms with E-state index in [1.54, 1.807) is 0 Å². The molecule has 0 aliphatic carbocycles. The largest absolute Gasteiger partial charge is 0.311 e. The third kappa shape index (κ3) is 3.57. The molecule has 94 valence electrons. The molecule has 0 bridgehead atoms. The Balaban J connectivity index is 1.88. The van der Waals surface area contributed by atoms with Crippen LogP contribution in [0.1, 0.15) is 49.3 Å². The second-order valence-corrected chi connectivity index (χ2v) is 5.66. The number of benzene rings is 1. The average Bonchev–Trinajstić information content (AvgIpc) is 2.28. The maximum atomic E-state index is 3.72. The molecule has 1 aromatic rings. The van der Waals surface area contributed by atoms with Gasteiger partial charge < -0.3 is 5.32 Å². The summed E-state index contributed by atoms with van der Waals surface area (Å²) in [6.07, 6.45) is 6.60. The SMILES string of the molecule is Cc1ccc(CCC2CCCC(C)N2)c(C)c1.